The smallest absolute Gasteiger partial charge is 0.342 e. The van der Waals surface area contributed by atoms with E-state index >= 15 is 0 Å². The Bertz CT molecular complexity index is 687. The van der Waals surface area contributed by atoms with Crippen molar-refractivity contribution in [3.8, 4) is 0 Å². The molecule has 3 rings (SSSR count). The highest BCUT2D eigenvalue weighted by Gasteiger charge is 2.29. The van der Waals surface area contributed by atoms with E-state index in [1.807, 2.05) is 13.8 Å². The minimum atomic E-state index is -0.295. The van der Waals surface area contributed by atoms with Crippen molar-refractivity contribution in [1.82, 2.24) is 25.3 Å². The molecule has 34 heavy (non-hydrogen) atoms. The van der Waals surface area contributed by atoms with E-state index in [2.05, 4.69) is 57.2 Å². The van der Waals surface area contributed by atoms with Crippen LogP contribution in [0.1, 0.15) is 110 Å². The number of nitrogens with one attached hydrogen (secondary N) is 2. The molecule has 0 bridgehead atoms. The van der Waals surface area contributed by atoms with Crippen molar-refractivity contribution in [2.24, 2.45) is 5.92 Å². The molecule has 1 aromatic rings. The number of likely N-dealkylation sites (N-methyl/N-ethyl adjacent to an activating group) is 1. The Labute approximate surface area is 209 Å². The van der Waals surface area contributed by atoms with Crippen molar-refractivity contribution in [3.63, 3.8) is 0 Å². The number of likely N-dealkylation sites (tertiary alicyclic amines) is 1. The van der Waals surface area contributed by atoms with E-state index in [9.17, 15) is 9.59 Å². The molecule has 7 heteroatoms. The van der Waals surface area contributed by atoms with Gasteiger partial charge in [-0.15, -0.1) is 0 Å². The number of hydrogen-bond donors (Lipinski definition) is 2. The van der Waals surface area contributed by atoms with E-state index in [-0.39, 0.29) is 18.5 Å². The number of piperidine rings is 1. The van der Waals surface area contributed by atoms with Gasteiger partial charge in [0.15, 0.2) is 0 Å². The molecule has 2 aliphatic rings. The van der Waals surface area contributed by atoms with Gasteiger partial charge in [0.1, 0.15) is 0 Å². The lowest BCUT2D eigenvalue weighted by Crippen LogP contribution is -2.38. The van der Waals surface area contributed by atoms with Gasteiger partial charge >= 0.3 is 6.03 Å². The summed E-state index contributed by atoms with van der Waals surface area (Å²) < 4.78 is 1.52. The van der Waals surface area contributed by atoms with Crippen LogP contribution in [-0.4, -0.2) is 60.3 Å². The summed E-state index contributed by atoms with van der Waals surface area (Å²) >= 11 is 0. The topological polar surface area (TPSA) is 79.3 Å². The maximum absolute atomic E-state index is 12.5. The molecule has 1 fully saturated rings. The Morgan fingerprint density at radius 3 is 2.06 bits per heavy atom. The van der Waals surface area contributed by atoms with Crippen molar-refractivity contribution in [1.29, 1.82) is 0 Å². The third kappa shape index (κ3) is 11.5. The Balaban J connectivity index is 0.000000934. The van der Waals surface area contributed by atoms with Gasteiger partial charge in [0.05, 0.1) is 17.9 Å². The first kappa shape index (κ1) is 32.1. The first-order valence-corrected chi connectivity index (χ1v) is 13.5. The van der Waals surface area contributed by atoms with E-state index in [0.29, 0.717) is 5.92 Å². The number of aromatic nitrogens is 2. The number of unbranched alkanes of at least 4 members (excludes halogenated alkanes) is 1. The number of carbonyl (C=O) groups is 2. The lowest BCUT2D eigenvalue weighted by Gasteiger charge is -2.28. The van der Waals surface area contributed by atoms with Gasteiger partial charge in [0.2, 0.25) is 5.91 Å². The third-order valence-electron chi connectivity index (χ3n) is 5.69. The summed E-state index contributed by atoms with van der Waals surface area (Å²) in [5.41, 5.74) is 3.45. The van der Waals surface area contributed by atoms with Gasteiger partial charge < -0.3 is 15.5 Å². The Morgan fingerprint density at radius 1 is 1.03 bits per heavy atom. The summed E-state index contributed by atoms with van der Waals surface area (Å²) in [6.07, 6.45) is 8.99. The Kier molecular flexibility index (Phi) is 17.4. The number of rotatable bonds is 4. The second-order valence-electron chi connectivity index (χ2n) is 9.57. The van der Waals surface area contributed by atoms with Crippen LogP contribution in [0.2, 0.25) is 0 Å². The minimum absolute atomic E-state index is 0.0203. The van der Waals surface area contributed by atoms with E-state index in [1.54, 1.807) is 7.05 Å². The van der Waals surface area contributed by atoms with E-state index in [1.165, 1.54) is 23.1 Å². The number of hydrogen-bond acceptors (Lipinski definition) is 4. The molecule has 1 aliphatic heterocycles. The number of fused-ring (bicyclic) bond motifs is 1. The highest BCUT2D eigenvalue weighted by Crippen LogP contribution is 2.34. The fourth-order valence-corrected chi connectivity index (χ4v) is 3.72. The van der Waals surface area contributed by atoms with E-state index < -0.39 is 0 Å². The van der Waals surface area contributed by atoms with Gasteiger partial charge in [-0.1, -0.05) is 61.3 Å². The summed E-state index contributed by atoms with van der Waals surface area (Å²) in [7, 11) is 3.71. The number of amides is 2. The van der Waals surface area contributed by atoms with Crippen LogP contribution in [0.25, 0.3) is 0 Å². The molecule has 2 amide bonds. The maximum Gasteiger partial charge on any atom is 0.342 e. The van der Waals surface area contributed by atoms with Crippen molar-refractivity contribution < 1.29 is 9.59 Å². The van der Waals surface area contributed by atoms with Gasteiger partial charge in [0, 0.05) is 13.0 Å². The van der Waals surface area contributed by atoms with Gasteiger partial charge in [-0.2, -0.15) is 9.78 Å². The molecule has 7 nitrogen and oxygen atoms in total. The van der Waals surface area contributed by atoms with Crippen molar-refractivity contribution in [2.75, 3.05) is 33.7 Å². The quantitative estimate of drug-likeness (QED) is 0.608. The fraction of sp³-hybridized carbons (Fsp3) is 0.815. The highest BCUT2D eigenvalue weighted by molar-refractivity contribution is 5.84. The van der Waals surface area contributed by atoms with E-state index in [4.69, 9.17) is 5.10 Å². The largest absolute Gasteiger partial charge is 0.358 e. The molecular formula is C27H53N5O2. The second kappa shape index (κ2) is 18.4. The van der Waals surface area contributed by atoms with Gasteiger partial charge in [-0.3, -0.25) is 4.79 Å². The summed E-state index contributed by atoms with van der Waals surface area (Å²) in [5.74, 6) is 1.07. The van der Waals surface area contributed by atoms with Crippen LogP contribution in [0.5, 0.6) is 0 Å². The SMILES string of the molecule is CC.CC(C)C.CCCC.CNC(=O)CNC(=O)n1nc(C2CCN(C)CC2)c2c1CCCC2. The van der Waals surface area contributed by atoms with Gasteiger partial charge in [-0.05, 0) is 70.1 Å². The molecule has 1 aromatic heterocycles. The second-order valence-corrected chi connectivity index (χ2v) is 9.57. The molecule has 0 atom stereocenters. The molecule has 0 radical (unpaired) electrons. The normalized spacial score (nSPS) is 15.5. The maximum atomic E-state index is 12.5. The van der Waals surface area contributed by atoms with Crippen LogP contribution in [0.3, 0.4) is 0 Å². The first-order chi connectivity index (χ1) is 16.2. The van der Waals surface area contributed by atoms with Crippen LogP contribution in [0.15, 0.2) is 0 Å². The molecule has 1 aliphatic carbocycles. The predicted molar refractivity (Wildman–Crippen MR) is 144 cm³/mol. The average molecular weight is 480 g/mol. The standard InChI is InChI=1S/C17H27N5O2.2C4H10.C2H6/c1-18-15(23)11-19-17(24)22-14-6-4-3-5-13(14)16(20-22)12-7-9-21(2)10-8-12;1-4(2)3;1-3-4-2;1-2/h12H,3-11H2,1-2H3,(H,18,23)(H,19,24);4H,1-3H3;3-4H2,1-2H3;1-2H3. The predicted octanol–water partition coefficient (Wildman–Crippen LogP) is 5.37. The first-order valence-electron chi connectivity index (χ1n) is 13.5. The Hall–Kier alpha value is -1.89. The molecule has 198 valence electrons. The van der Waals surface area contributed by atoms with Crippen LogP contribution in [0.4, 0.5) is 4.79 Å². The minimum Gasteiger partial charge on any atom is -0.358 e. The highest BCUT2D eigenvalue weighted by atomic mass is 16.2. The Morgan fingerprint density at radius 2 is 1.56 bits per heavy atom. The molecule has 2 heterocycles. The molecule has 0 unspecified atom stereocenters. The summed E-state index contributed by atoms with van der Waals surface area (Å²) in [6, 6.07) is -0.295. The van der Waals surface area contributed by atoms with Crippen molar-refractivity contribution in [2.45, 2.75) is 106 Å². The zero-order valence-corrected chi connectivity index (χ0v) is 23.6. The van der Waals surface area contributed by atoms with E-state index in [0.717, 1.165) is 68.9 Å². The number of carbonyl (C=O) groups excluding carboxylic acids is 2. The summed E-state index contributed by atoms with van der Waals surface area (Å²) in [6.45, 7) is 17.0. The summed E-state index contributed by atoms with van der Waals surface area (Å²) in [4.78, 5) is 26.2. The molecule has 0 spiro atoms. The monoisotopic (exact) mass is 479 g/mol. The molecule has 0 saturated carbocycles. The molecule has 2 N–H and O–H groups in total. The van der Waals surface area contributed by atoms with Crippen LogP contribution >= 0.6 is 0 Å². The van der Waals surface area contributed by atoms with Crippen molar-refractivity contribution in [3.05, 3.63) is 17.0 Å². The zero-order chi connectivity index (χ0) is 26.1. The van der Waals surface area contributed by atoms with Crippen molar-refractivity contribution >= 4 is 11.9 Å². The lowest BCUT2D eigenvalue weighted by atomic mass is 9.87. The van der Waals surface area contributed by atoms with Gasteiger partial charge in [0.25, 0.3) is 0 Å². The number of nitrogens with zero attached hydrogens (tertiary/aromatic N) is 3. The zero-order valence-electron chi connectivity index (χ0n) is 23.6. The summed E-state index contributed by atoms with van der Waals surface area (Å²) in [5, 5.41) is 9.87. The molecule has 1 saturated heterocycles. The van der Waals surface area contributed by atoms with Crippen LogP contribution in [-0.2, 0) is 17.6 Å². The average Bonchev–Trinajstić information content (AvgIpc) is 3.23. The molecular weight excluding hydrogens is 426 g/mol. The fourth-order valence-electron chi connectivity index (χ4n) is 3.72. The third-order valence-corrected chi connectivity index (χ3v) is 5.69. The van der Waals surface area contributed by atoms with Gasteiger partial charge in [-0.25, -0.2) is 4.79 Å². The van der Waals surface area contributed by atoms with Crippen LogP contribution < -0.4 is 10.6 Å². The molecule has 0 aromatic carbocycles. The lowest BCUT2D eigenvalue weighted by molar-refractivity contribution is -0.119. The van der Waals surface area contributed by atoms with Crippen LogP contribution in [0, 0.1) is 5.92 Å².